The number of sulfonamides is 1. The van der Waals surface area contributed by atoms with Crippen molar-refractivity contribution in [3.63, 3.8) is 0 Å². The summed E-state index contributed by atoms with van der Waals surface area (Å²) in [5.74, 6) is 0. The number of aromatic nitrogens is 2. The lowest BCUT2D eigenvalue weighted by atomic mass is 10.3. The normalized spacial score (nSPS) is 11.5. The minimum Gasteiger partial charge on any atom is -0.280 e. The second-order valence-corrected chi connectivity index (χ2v) is 5.91. The monoisotopic (exact) mass is 279 g/mol. The number of anilines is 1. The van der Waals surface area contributed by atoms with Crippen LogP contribution < -0.4 is 4.72 Å². The van der Waals surface area contributed by atoms with E-state index >= 15 is 0 Å². The zero-order valence-corrected chi connectivity index (χ0v) is 12.0. The van der Waals surface area contributed by atoms with Crippen molar-refractivity contribution >= 4 is 15.7 Å². The van der Waals surface area contributed by atoms with Gasteiger partial charge in [-0.1, -0.05) is 18.2 Å². The Kier molecular flexibility index (Phi) is 3.61. The lowest BCUT2D eigenvalue weighted by Gasteiger charge is -2.08. The fourth-order valence-electron chi connectivity index (χ4n) is 2.09. The van der Waals surface area contributed by atoms with E-state index in [0.29, 0.717) is 23.6 Å². The van der Waals surface area contributed by atoms with Crippen LogP contribution in [-0.4, -0.2) is 18.2 Å². The summed E-state index contributed by atoms with van der Waals surface area (Å²) in [5, 5.41) is 4.23. The molecular weight excluding hydrogens is 262 g/mol. The number of benzene rings is 1. The molecule has 2 rings (SSSR count). The lowest BCUT2D eigenvalue weighted by molar-refractivity contribution is 0.598. The number of nitrogens with one attached hydrogen (secondary N) is 1. The third-order valence-electron chi connectivity index (χ3n) is 2.91. The molecule has 2 aromatic rings. The van der Waals surface area contributed by atoms with E-state index in [4.69, 9.17) is 0 Å². The summed E-state index contributed by atoms with van der Waals surface area (Å²) in [6.45, 7) is 6.05. The molecule has 1 aromatic carbocycles. The highest BCUT2D eigenvalue weighted by Gasteiger charge is 2.24. The maximum absolute atomic E-state index is 12.4. The summed E-state index contributed by atoms with van der Waals surface area (Å²) < 4.78 is 29.1. The average Bonchev–Trinajstić information content (AvgIpc) is 2.65. The minimum absolute atomic E-state index is 0.262. The number of hydrogen-bond acceptors (Lipinski definition) is 3. The molecule has 0 atom stereocenters. The van der Waals surface area contributed by atoms with E-state index in [0.717, 1.165) is 0 Å². The van der Waals surface area contributed by atoms with Crippen LogP contribution in [0.2, 0.25) is 0 Å². The third-order valence-corrected chi connectivity index (χ3v) is 4.54. The molecule has 6 heteroatoms. The van der Waals surface area contributed by atoms with Crippen LogP contribution in [0.3, 0.4) is 0 Å². The van der Waals surface area contributed by atoms with Gasteiger partial charge in [-0.3, -0.25) is 9.40 Å². The second-order valence-electron chi connectivity index (χ2n) is 4.29. The highest BCUT2D eigenvalue weighted by atomic mass is 32.2. The van der Waals surface area contributed by atoms with Gasteiger partial charge in [0, 0.05) is 12.2 Å². The first-order chi connectivity index (χ1) is 8.95. The van der Waals surface area contributed by atoms with Crippen LogP contribution in [-0.2, 0) is 16.6 Å². The van der Waals surface area contributed by atoms with Crippen molar-refractivity contribution in [3.05, 3.63) is 41.7 Å². The molecule has 1 N–H and O–H groups in total. The molecule has 5 nitrogen and oxygen atoms in total. The molecular formula is C13H17N3O2S. The summed E-state index contributed by atoms with van der Waals surface area (Å²) in [6.07, 6.45) is 0. The van der Waals surface area contributed by atoms with Gasteiger partial charge in [0.05, 0.1) is 11.4 Å². The maximum atomic E-state index is 12.4. The SMILES string of the molecule is CCn1nc(C)c(S(=O)(=O)Nc2ccccc2)c1C. The average molecular weight is 279 g/mol. The Morgan fingerprint density at radius 2 is 1.84 bits per heavy atom. The molecule has 1 heterocycles. The smallest absolute Gasteiger partial charge is 0.265 e. The topological polar surface area (TPSA) is 64.0 Å². The van der Waals surface area contributed by atoms with E-state index in [2.05, 4.69) is 9.82 Å². The summed E-state index contributed by atoms with van der Waals surface area (Å²) >= 11 is 0. The standard InChI is InChI=1S/C13H17N3O2S/c1-4-16-11(3)13(10(2)14-16)19(17,18)15-12-8-6-5-7-9-12/h5-9,15H,4H2,1-3H3. The van der Waals surface area contributed by atoms with Crippen LogP contribution >= 0.6 is 0 Å². The third kappa shape index (κ3) is 2.63. The Morgan fingerprint density at radius 1 is 1.21 bits per heavy atom. The number of hydrogen-bond donors (Lipinski definition) is 1. The van der Waals surface area contributed by atoms with Crippen molar-refractivity contribution in [2.24, 2.45) is 0 Å². The van der Waals surface area contributed by atoms with Gasteiger partial charge < -0.3 is 0 Å². The molecule has 0 aliphatic rings. The number of rotatable bonds is 4. The first kappa shape index (κ1) is 13.6. The molecule has 1 aromatic heterocycles. The van der Waals surface area contributed by atoms with Gasteiger partial charge in [0.1, 0.15) is 4.90 Å². The molecule has 0 saturated carbocycles. The minimum atomic E-state index is -3.60. The van der Waals surface area contributed by atoms with Crippen LogP contribution in [0.4, 0.5) is 5.69 Å². The number of para-hydroxylation sites is 1. The van der Waals surface area contributed by atoms with Crippen molar-refractivity contribution in [1.29, 1.82) is 0 Å². The van der Waals surface area contributed by atoms with Crippen molar-refractivity contribution in [1.82, 2.24) is 9.78 Å². The molecule has 0 aliphatic carbocycles. The predicted molar refractivity (Wildman–Crippen MR) is 74.6 cm³/mol. The van der Waals surface area contributed by atoms with E-state index in [1.165, 1.54) is 0 Å². The van der Waals surface area contributed by atoms with Gasteiger partial charge in [0.25, 0.3) is 10.0 Å². The van der Waals surface area contributed by atoms with Gasteiger partial charge in [-0.25, -0.2) is 8.42 Å². The first-order valence-electron chi connectivity index (χ1n) is 6.07. The summed E-state index contributed by atoms with van der Waals surface area (Å²) in [6, 6.07) is 8.84. The van der Waals surface area contributed by atoms with E-state index in [1.807, 2.05) is 13.0 Å². The second kappa shape index (κ2) is 5.05. The Bertz CT molecular complexity index is 675. The summed E-state index contributed by atoms with van der Waals surface area (Å²) in [4.78, 5) is 0.262. The van der Waals surface area contributed by atoms with Crippen LogP contribution in [0.15, 0.2) is 35.2 Å². The van der Waals surface area contributed by atoms with Crippen molar-refractivity contribution in [3.8, 4) is 0 Å². The van der Waals surface area contributed by atoms with E-state index in [9.17, 15) is 8.42 Å². The Hall–Kier alpha value is -1.82. The molecule has 0 saturated heterocycles. The van der Waals surface area contributed by atoms with Crippen molar-refractivity contribution in [2.45, 2.75) is 32.2 Å². The largest absolute Gasteiger partial charge is 0.280 e. The molecule has 0 bridgehead atoms. The Morgan fingerprint density at radius 3 is 2.37 bits per heavy atom. The summed E-state index contributed by atoms with van der Waals surface area (Å²) in [7, 11) is -3.60. The van der Waals surface area contributed by atoms with Gasteiger partial charge in [0.2, 0.25) is 0 Å². The van der Waals surface area contributed by atoms with Crippen LogP contribution in [0.5, 0.6) is 0 Å². The van der Waals surface area contributed by atoms with E-state index in [1.54, 1.807) is 42.8 Å². The van der Waals surface area contributed by atoms with E-state index < -0.39 is 10.0 Å². The molecule has 102 valence electrons. The molecule has 19 heavy (non-hydrogen) atoms. The predicted octanol–water partition coefficient (Wildman–Crippen LogP) is 2.32. The van der Waals surface area contributed by atoms with Crippen LogP contribution in [0.1, 0.15) is 18.3 Å². The van der Waals surface area contributed by atoms with Crippen molar-refractivity contribution in [2.75, 3.05) is 4.72 Å². The lowest BCUT2D eigenvalue weighted by Crippen LogP contribution is -2.14. The molecule has 0 radical (unpaired) electrons. The number of aryl methyl sites for hydroxylation is 2. The molecule has 0 aliphatic heterocycles. The van der Waals surface area contributed by atoms with Gasteiger partial charge in [0.15, 0.2) is 0 Å². The zero-order valence-electron chi connectivity index (χ0n) is 11.2. The van der Waals surface area contributed by atoms with Crippen molar-refractivity contribution < 1.29 is 8.42 Å². The zero-order chi connectivity index (χ0) is 14.0. The fraction of sp³-hybridized carbons (Fsp3) is 0.308. The van der Waals surface area contributed by atoms with Gasteiger partial charge >= 0.3 is 0 Å². The quantitative estimate of drug-likeness (QED) is 0.934. The highest BCUT2D eigenvalue weighted by molar-refractivity contribution is 7.92. The van der Waals surface area contributed by atoms with Gasteiger partial charge in [-0.05, 0) is 32.9 Å². The van der Waals surface area contributed by atoms with E-state index in [-0.39, 0.29) is 4.90 Å². The Balaban J connectivity index is 2.43. The Labute approximate surface area is 113 Å². The van der Waals surface area contributed by atoms with Crippen LogP contribution in [0, 0.1) is 13.8 Å². The fourth-order valence-corrected chi connectivity index (χ4v) is 3.56. The van der Waals surface area contributed by atoms with Gasteiger partial charge in [-0.2, -0.15) is 5.10 Å². The van der Waals surface area contributed by atoms with Crippen LogP contribution in [0.25, 0.3) is 0 Å². The summed E-state index contributed by atoms with van der Waals surface area (Å²) in [5.41, 5.74) is 1.72. The van der Waals surface area contributed by atoms with Gasteiger partial charge in [-0.15, -0.1) is 0 Å². The molecule has 0 spiro atoms. The molecule has 0 fully saturated rings. The first-order valence-corrected chi connectivity index (χ1v) is 7.56. The highest BCUT2D eigenvalue weighted by Crippen LogP contribution is 2.22. The number of nitrogens with zero attached hydrogens (tertiary/aromatic N) is 2. The maximum Gasteiger partial charge on any atom is 0.265 e. The molecule has 0 unspecified atom stereocenters. The molecule has 0 amide bonds.